The van der Waals surface area contributed by atoms with E-state index in [4.69, 9.17) is 9.26 Å². The highest BCUT2D eigenvalue weighted by molar-refractivity contribution is 6.19. The van der Waals surface area contributed by atoms with Crippen LogP contribution in [0.2, 0.25) is 0 Å². The third-order valence-corrected chi connectivity index (χ3v) is 5.25. The van der Waals surface area contributed by atoms with E-state index < -0.39 is 0 Å². The minimum atomic E-state index is -0.356. The summed E-state index contributed by atoms with van der Waals surface area (Å²) in [5.74, 6) is 1.23. The number of benzene rings is 1. The molecule has 30 heavy (non-hydrogen) atoms. The van der Waals surface area contributed by atoms with Crippen LogP contribution in [0.4, 0.5) is 10.5 Å². The lowest BCUT2D eigenvalue weighted by Gasteiger charge is -2.17. The van der Waals surface area contributed by atoms with Gasteiger partial charge in [-0.15, -0.1) is 0 Å². The SMILES string of the molecule is COc1ccc(CN2CC(=O)N(c3cnn(Cc4c(C)noc4C)c3)C2=O)cc1C. The van der Waals surface area contributed by atoms with Gasteiger partial charge in [0.05, 0.1) is 31.2 Å². The van der Waals surface area contributed by atoms with E-state index in [2.05, 4.69) is 10.3 Å². The molecule has 3 heterocycles. The van der Waals surface area contributed by atoms with E-state index in [0.717, 1.165) is 33.9 Å². The minimum Gasteiger partial charge on any atom is -0.496 e. The first-order chi connectivity index (χ1) is 14.4. The molecule has 0 bridgehead atoms. The number of methoxy groups -OCH3 is 1. The molecule has 1 fully saturated rings. The maximum Gasteiger partial charge on any atom is 0.332 e. The predicted molar refractivity (Wildman–Crippen MR) is 108 cm³/mol. The maximum absolute atomic E-state index is 12.9. The lowest BCUT2D eigenvalue weighted by atomic mass is 10.1. The largest absolute Gasteiger partial charge is 0.496 e. The van der Waals surface area contributed by atoms with Gasteiger partial charge in [-0.2, -0.15) is 5.10 Å². The normalized spacial score (nSPS) is 14.1. The van der Waals surface area contributed by atoms with Gasteiger partial charge in [0.25, 0.3) is 5.91 Å². The number of imide groups is 1. The fourth-order valence-corrected chi connectivity index (χ4v) is 3.63. The van der Waals surface area contributed by atoms with Gasteiger partial charge in [0, 0.05) is 18.3 Å². The summed E-state index contributed by atoms with van der Waals surface area (Å²) in [6.07, 6.45) is 3.21. The van der Waals surface area contributed by atoms with Gasteiger partial charge >= 0.3 is 6.03 Å². The van der Waals surface area contributed by atoms with Gasteiger partial charge in [0.15, 0.2) is 0 Å². The first-order valence-electron chi connectivity index (χ1n) is 9.57. The third-order valence-electron chi connectivity index (χ3n) is 5.25. The Hall–Kier alpha value is -3.62. The van der Waals surface area contributed by atoms with Crippen LogP contribution in [0.25, 0.3) is 0 Å². The molecule has 3 amide bonds. The molecule has 0 spiro atoms. The van der Waals surface area contributed by atoms with E-state index in [-0.39, 0.29) is 18.5 Å². The highest BCUT2D eigenvalue weighted by Crippen LogP contribution is 2.25. The molecular formula is C21H23N5O4. The zero-order valence-electron chi connectivity index (χ0n) is 17.4. The van der Waals surface area contributed by atoms with E-state index in [0.29, 0.717) is 18.8 Å². The molecule has 9 heteroatoms. The Kier molecular flexibility index (Phi) is 5.03. The Labute approximate surface area is 173 Å². The Balaban J connectivity index is 1.49. The average molecular weight is 409 g/mol. The molecular weight excluding hydrogens is 386 g/mol. The molecule has 1 saturated heterocycles. The Morgan fingerprint density at radius 3 is 2.63 bits per heavy atom. The quantitative estimate of drug-likeness (QED) is 0.581. The summed E-state index contributed by atoms with van der Waals surface area (Å²) in [6, 6.07) is 5.36. The van der Waals surface area contributed by atoms with E-state index in [1.54, 1.807) is 18.0 Å². The van der Waals surface area contributed by atoms with E-state index in [1.165, 1.54) is 16.0 Å². The van der Waals surface area contributed by atoms with Crippen LogP contribution < -0.4 is 9.64 Å². The molecule has 1 aromatic carbocycles. The van der Waals surface area contributed by atoms with Crippen molar-refractivity contribution in [2.24, 2.45) is 0 Å². The van der Waals surface area contributed by atoms with Crippen molar-refractivity contribution in [2.45, 2.75) is 33.9 Å². The summed E-state index contributed by atoms with van der Waals surface area (Å²) in [6.45, 7) is 6.47. The second-order valence-electron chi connectivity index (χ2n) is 7.37. The number of urea groups is 1. The molecule has 0 N–H and O–H groups in total. The average Bonchev–Trinajstić information content (AvgIpc) is 3.37. The van der Waals surface area contributed by atoms with E-state index >= 15 is 0 Å². The minimum absolute atomic E-state index is 0.0267. The first kappa shape index (κ1) is 19.7. The van der Waals surface area contributed by atoms with Crippen LogP contribution in [0.15, 0.2) is 35.1 Å². The van der Waals surface area contributed by atoms with Crippen molar-refractivity contribution in [3.63, 3.8) is 0 Å². The van der Waals surface area contributed by atoms with Crippen molar-refractivity contribution in [3.05, 3.63) is 58.7 Å². The molecule has 0 atom stereocenters. The standard InChI is InChI=1S/C21H23N5O4/c1-13-7-16(5-6-19(13)29-4)9-24-12-20(27)26(21(24)28)17-8-22-25(10-17)11-18-14(2)23-30-15(18)3/h5-8,10H,9,11-12H2,1-4H3. The first-order valence-corrected chi connectivity index (χ1v) is 9.57. The summed E-state index contributed by atoms with van der Waals surface area (Å²) in [5.41, 5.74) is 4.08. The number of amides is 3. The van der Waals surface area contributed by atoms with Gasteiger partial charge in [0.1, 0.15) is 18.1 Å². The van der Waals surface area contributed by atoms with E-state index in [1.807, 2.05) is 39.0 Å². The van der Waals surface area contributed by atoms with Crippen molar-refractivity contribution in [3.8, 4) is 5.75 Å². The van der Waals surface area contributed by atoms with Crippen molar-refractivity contribution in [1.29, 1.82) is 0 Å². The molecule has 2 aromatic heterocycles. The monoisotopic (exact) mass is 409 g/mol. The van der Waals surface area contributed by atoms with Crippen LogP contribution in [0.5, 0.6) is 5.75 Å². The number of nitrogens with zero attached hydrogens (tertiary/aromatic N) is 5. The van der Waals surface area contributed by atoms with Gasteiger partial charge in [-0.05, 0) is 38.0 Å². The maximum atomic E-state index is 12.9. The lowest BCUT2D eigenvalue weighted by molar-refractivity contribution is -0.116. The van der Waals surface area contributed by atoms with Gasteiger partial charge in [-0.25, -0.2) is 9.69 Å². The zero-order valence-corrected chi connectivity index (χ0v) is 17.4. The number of carbonyl (C=O) groups excluding carboxylic acids is 2. The zero-order chi connectivity index (χ0) is 21.4. The summed E-state index contributed by atoms with van der Waals surface area (Å²) < 4.78 is 12.1. The second kappa shape index (κ2) is 7.66. The number of hydrogen-bond acceptors (Lipinski definition) is 6. The summed E-state index contributed by atoms with van der Waals surface area (Å²) in [4.78, 5) is 28.2. The molecule has 4 rings (SSSR count). The molecule has 0 aliphatic carbocycles. The molecule has 0 saturated carbocycles. The van der Waals surface area contributed by atoms with Gasteiger partial charge < -0.3 is 14.2 Å². The van der Waals surface area contributed by atoms with Crippen LogP contribution in [0.1, 0.15) is 28.1 Å². The Bertz CT molecular complexity index is 1100. The third kappa shape index (κ3) is 3.54. The van der Waals surface area contributed by atoms with Crippen LogP contribution >= 0.6 is 0 Å². The van der Waals surface area contributed by atoms with Crippen molar-refractivity contribution in [1.82, 2.24) is 19.8 Å². The number of rotatable bonds is 6. The topological polar surface area (TPSA) is 93.7 Å². The summed E-state index contributed by atoms with van der Waals surface area (Å²) in [7, 11) is 1.62. The van der Waals surface area contributed by atoms with Crippen molar-refractivity contribution >= 4 is 17.6 Å². The Morgan fingerprint density at radius 2 is 1.97 bits per heavy atom. The van der Waals surface area contributed by atoms with Crippen LogP contribution in [-0.2, 0) is 17.9 Å². The number of aryl methyl sites for hydroxylation is 3. The fourth-order valence-electron chi connectivity index (χ4n) is 3.63. The van der Waals surface area contributed by atoms with E-state index in [9.17, 15) is 9.59 Å². The van der Waals surface area contributed by atoms with Gasteiger partial charge in [-0.1, -0.05) is 17.3 Å². The molecule has 0 unspecified atom stereocenters. The smallest absolute Gasteiger partial charge is 0.332 e. The summed E-state index contributed by atoms with van der Waals surface area (Å²) in [5, 5.41) is 8.23. The lowest BCUT2D eigenvalue weighted by Crippen LogP contribution is -2.32. The van der Waals surface area contributed by atoms with Gasteiger partial charge in [0.2, 0.25) is 0 Å². The number of hydrogen-bond donors (Lipinski definition) is 0. The second-order valence-corrected chi connectivity index (χ2v) is 7.37. The number of aromatic nitrogens is 3. The number of ether oxygens (including phenoxy) is 1. The number of anilines is 1. The predicted octanol–water partition coefficient (Wildman–Crippen LogP) is 2.82. The fraction of sp³-hybridized carbons (Fsp3) is 0.333. The summed E-state index contributed by atoms with van der Waals surface area (Å²) >= 11 is 0. The highest BCUT2D eigenvalue weighted by Gasteiger charge is 2.37. The molecule has 9 nitrogen and oxygen atoms in total. The molecule has 1 aliphatic rings. The number of carbonyl (C=O) groups is 2. The molecule has 0 radical (unpaired) electrons. The van der Waals surface area contributed by atoms with Crippen LogP contribution in [-0.4, -0.2) is 45.4 Å². The van der Waals surface area contributed by atoms with Crippen molar-refractivity contribution < 1.29 is 18.8 Å². The highest BCUT2D eigenvalue weighted by atomic mass is 16.5. The molecule has 1 aliphatic heterocycles. The Morgan fingerprint density at radius 1 is 1.17 bits per heavy atom. The molecule has 3 aromatic rings. The van der Waals surface area contributed by atoms with Crippen molar-refractivity contribution in [2.75, 3.05) is 18.6 Å². The van der Waals surface area contributed by atoms with Crippen LogP contribution in [0.3, 0.4) is 0 Å². The van der Waals surface area contributed by atoms with Crippen LogP contribution in [0, 0.1) is 20.8 Å². The van der Waals surface area contributed by atoms with Gasteiger partial charge in [-0.3, -0.25) is 9.48 Å². The molecule has 156 valence electrons.